The second-order valence-corrected chi connectivity index (χ2v) is 6.31. The fraction of sp³-hybridized carbons (Fsp3) is 0.133. The van der Waals surface area contributed by atoms with Gasteiger partial charge >= 0.3 is 0 Å². The zero-order valence-corrected chi connectivity index (χ0v) is 14.1. The molecule has 0 aliphatic heterocycles. The molecule has 0 aromatic heterocycles. The lowest BCUT2D eigenvalue weighted by Crippen LogP contribution is -2.24. The number of hydrogen-bond donors (Lipinski definition) is 2. The van der Waals surface area contributed by atoms with Crippen molar-refractivity contribution in [1.82, 2.24) is 5.32 Å². The highest BCUT2D eigenvalue weighted by atomic mass is 79.9. The van der Waals surface area contributed by atoms with Crippen LogP contribution in [0.25, 0.3) is 0 Å². The molecular formula is C15H14Br2N2O. The summed E-state index contributed by atoms with van der Waals surface area (Å²) < 4.78 is 1.79. The Morgan fingerprint density at radius 3 is 2.65 bits per heavy atom. The van der Waals surface area contributed by atoms with Crippen LogP contribution >= 0.6 is 31.9 Å². The number of benzene rings is 2. The Morgan fingerprint density at radius 2 is 1.95 bits per heavy atom. The normalized spacial score (nSPS) is 10.3. The van der Waals surface area contributed by atoms with Gasteiger partial charge < -0.3 is 11.1 Å². The third-order valence-corrected chi connectivity index (χ3v) is 3.95. The van der Waals surface area contributed by atoms with Crippen molar-refractivity contribution in [3.63, 3.8) is 0 Å². The molecule has 3 nitrogen and oxygen atoms in total. The molecule has 5 heteroatoms. The molecular weight excluding hydrogens is 384 g/mol. The van der Waals surface area contributed by atoms with E-state index in [1.165, 1.54) is 0 Å². The summed E-state index contributed by atoms with van der Waals surface area (Å²) in [4.78, 5) is 12.2. The van der Waals surface area contributed by atoms with Crippen molar-refractivity contribution in [2.24, 2.45) is 0 Å². The quantitative estimate of drug-likeness (QED) is 0.768. The lowest BCUT2D eigenvalue weighted by molar-refractivity contribution is 0.0950. The van der Waals surface area contributed by atoms with E-state index in [2.05, 4.69) is 37.2 Å². The Bertz CT molecular complexity index is 656. The second-order valence-electron chi connectivity index (χ2n) is 4.48. The Balaban J connectivity index is 2.13. The third-order valence-electron chi connectivity index (χ3n) is 3.00. The third kappa shape index (κ3) is 3.61. The highest BCUT2D eigenvalue weighted by Crippen LogP contribution is 2.22. The summed E-state index contributed by atoms with van der Waals surface area (Å²) in [5.41, 5.74) is 8.89. The van der Waals surface area contributed by atoms with Gasteiger partial charge in [0, 0.05) is 26.7 Å². The van der Waals surface area contributed by atoms with E-state index < -0.39 is 0 Å². The van der Waals surface area contributed by atoms with Crippen LogP contribution in [-0.2, 0) is 6.54 Å². The maximum atomic E-state index is 12.2. The lowest BCUT2D eigenvalue weighted by Gasteiger charge is -2.10. The van der Waals surface area contributed by atoms with Crippen molar-refractivity contribution in [2.45, 2.75) is 13.5 Å². The molecule has 3 N–H and O–H groups in total. The molecule has 0 saturated carbocycles. The number of hydrogen-bond acceptors (Lipinski definition) is 2. The molecule has 20 heavy (non-hydrogen) atoms. The second kappa shape index (κ2) is 6.41. The van der Waals surface area contributed by atoms with E-state index in [0.29, 0.717) is 17.8 Å². The minimum absolute atomic E-state index is 0.129. The van der Waals surface area contributed by atoms with Gasteiger partial charge in [-0.25, -0.2) is 0 Å². The zero-order valence-electron chi connectivity index (χ0n) is 10.9. The Labute approximate surface area is 134 Å². The Kier molecular flexibility index (Phi) is 4.83. The molecule has 0 radical (unpaired) electrons. The Hall–Kier alpha value is -1.33. The minimum atomic E-state index is -0.129. The SMILES string of the molecule is Cc1c(N)cc(Br)cc1C(=O)NCc1cccc(Br)c1. The van der Waals surface area contributed by atoms with Crippen molar-refractivity contribution in [3.8, 4) is 0 Å². The molecule has 0 spiro atoms. The fourth-order valence-corrected chi connectivity index (χ4v) is 2.78. The standard InChI is InChI=1S/C15H14Br2N2O/c1-9-13(6-12(17)7-14(9)18)15(20)19-8-10-3-2-4-11(16)5-10/h2-7H,8,18H2,1H3,(H,19,20). The van der Waals surface area contributed by atoms with Gasteiger partial charge in [0.2, 0.25) is 0 Å². The highest BCUT2D eigenvalue weighted by molar-refractivity contribution is 9.10. The van der Waals surface area contributed by atoms with E-state index in [-0.39, 0.29) is 5.91 Å². The van der Waals surface area contributed by atoms with Crippen LogP contribution in [0.3, 0.4) is 0 Å². The van der Waals surface area contributed by atoms with Crippen LogP contribution in [-0.4, -0.2) is 5.91 Å². The first-order valence-corrected chi connectivity index (χ1v) is 7.64. The first-order chi connectivity index (χ1) is 9.47. The zero-order chi connectivity index (χ0) is 14.7. The summed E-state index contributed by atoms with van der Waals surface area (Å²) in [7, 11) is 0. The summed E-state index contributed by atoms with van der Waals surface area (Å²) >= 11 is 6.76. The number of nitrogen functional groups attached to an aromatic ring is 1. The van der Waals surface area contributed by atoms with Gasteiger partial charge in [-0.05, 0) is 42.3 Å². The number of nitrogens with one attached hydrogen (secondary N) is 1. The van der Waals surface area contributed by atoms with Gasteiger partial charge in [0.1, 0.15) is 0 Å². The van der Waals surface area contributed by atoms with Gasteiger partial charge in [0.25, 0.3) is 5.91 Å². The Morgan fingerprint density at radius 1 is 1.20 bits per heavy atom. The van der Waals surface area contributed by atoms with E-state index in [0.717, 1.165) is 20.1 Å². The molecule has 0 aliphatic carbocycles. The van der Waals surface area contributed by atoms with Crippen LogP contribution < -0.4 is 11.1 Å². The maximum Gasteiger partial charge on any atom is 0.251 e. The maximum absolute atomic E-state index is 12.2. The van der Waals surface area contributed by atoms with Crippen molar-refractivity contribution in [3.05, 3.63) is 62.0 Å². The molecule has 0 fully saturated rings. The van der Waals surface area contributed by atoms with Crippen LogP contribution in [0.5, 0.6) is 0 Å². The van der Waals surface area contributed by atoms with Crippen molar-refractivity contribution >= 4 is 43.5 Å². The summed E-state index contributed by atoms with van der Waals surface area (Å²) in [5.74, 6) is -0.129. The number of rotatable bonds is 3. The average molecular weight is 398 g/mol. The van der Waals surface area contributed by atoms with E-state index in [4.69, 9.17) is 5.73 Å². The van der Waals surface area contributed by atoms with Gasteiger partial charge in [0.15, 0.2) is 0 Å². The number of carbonyl (C=O) groups is 1. The predicted octanol–water partition coefficient (Wildman–Crippen LogP) is 4.03. The topological polar surface area (TPSA) is 55.1 Å². The van der Waals surface area contributed by atoms with E-state index in [1.807, 2.05) is 31.2 Å². The van der Waals surface area contributed by atoms with E-state index in [1.54, 1.807) is 12.1 Å². The van der Waals surface area contributed by atoms with Crippen LogP contribution in [0, 0.1) is 6.92 Å². The number of nitrogens with two attached hydrogens (primary N) is 1. The molecule has 1 amide bonds. The van der Waals surface area contributed by atoms with Crippen molar-refractivity contribution < 1.29 is 4.79 Å². The first-order valence-electron chi connectivity index (χ1n) is 6.05. The van der Waals surface area contributed by atoms with Crippen molar-refractivity contribution in [2.75, 3.05) is 5.73 Å². The average Bonchev–Trinajstić information content (AvgIpc) is 2.40. The van der Waals surface area contributed by atoms with Gasteiger partial charge in [-0.1, -0.05) is 44.0 Å². The fourth-order valence-electron chi connectivity index (χ4n) is 1.86. The molecule has 0 saturated heterocycles. The lowest BCUT2D eigenvalue weighted by atomic mass is 10.1. The van der Waals surface area contributed by atoms with E-state index in [9.17, 15) is 4.79 Å². The number of anilines is 1. The predicted molar refractivity (Wildman–Crippen MR) is 88.6 cm³/mol. The molecule has 0 heterocycles. The summed E-state index contributed by atoms with van der Waals surface area (Å²) in [6, 6.07) is 11.4. The molecule has 2 aromatic rings. The summed E-state index contributed by atoms with van der Waals surface area (Å²) in [5, 5.41) is 2.90. The van der Waals surface area contributed by atoms with E-state index >= 15 is 0 Å². The molecule has 104 valence electrons. The number of halogens is 2. The van der Waals surface area contributed by atoms with Gasteiger partial charge in [-0.2, -0.15) is 0 Å². The minimum Gasteiger partial charge on any atom is -0.398 e. The monoisotopic (exact) mass is 396 g/mol. The molecule has 0 atom stereocenters. The van der Waals surface area contributed by atoms with Gasteiger partial charge in [-0.15, -0.1) is 0 Å². The van der Waals surface area contributed by atoms with Crippen LogP contribution in [0.15, 0.2) is 45.3 Å². The first kappa shape index (κ1) is 15.1. The molecule has 2 aromatic carbocycles. The smallest absolute Gasteiger partial charge is 0.251 e. The van der Waals surface area contributed by atoms with Crippen LogP contribution in [0.4, 0.5) is 5.69 Å². The molecule has 0 aliphatic rings. The van der Waals surface area contributed by atoms with Gasteiger partial charge in [0.05, 0.1) is 0 Å². The summed E-state index contributed by atoms with van der Waals surface area (Å²) in [6.07, 6.45) is 0. The molecule has 2 rings (SSSR count). The molecule has 0 bridgehead atoms. The van der Waals surface area contributed by atoms with Gasteiger partial charge in [-0.3, -0.25) is 4.79 Å². The summed E-state index contributed by atoms with van der Waals surface area (Å²) in [6.45, 7) is 2.32. The highest BCUT2D eigenvalue weighted by Gasteiger charge is 2.12. The molecule has 0 unspecified atom stereocenters. The largest absolute Gasteiger partial charge is 0.398 e. The number of amides is 1. The van der Waals surface area contributed by atoms with Crippen LogP contribution in [0.2, 0.25) is 0 Å². The van der Waals surface area contributed by atoms with Crippen LogP contribution in [0.1, 0.15) is 21.5 Å². The van der Waals surface area contributed by atoms with Crippen molar-refractivity contribution in [1.29, 1.82) is 0 Å². The number of carbonyl (C=O) groups excluding carboxylic acids is 1.